The minimum Gasteiger partial charge on any atom is -0.354 e. The molecule has 1 fully saturated rings. The molecule has 0 spiro atoms. The van der Waals surface area contributed by atoms with Gasteiger partial charge in [-0.05, 0) is 32.6 Å². The Morgan fingerprint density at radius 3 is 2.47 bits per heavy atom. The molecule has 0 radical (unpaired) electrons. The standard InChI is InChI=1S/C14H27N3O2/c1-9(2)8-16-12(18)10(3)17-13(19)14(4)7-5-6-11(14)15/h9-11H,5-8,15H2,1-4H3,(H,16,18)(H,17,19). The van der Waals surface area contributed by atoms with Crippen LogP contribution in [-0.4, -0.2) is 30.4 Å². The fraction of sp³-hybridized carbons (Fsp3) is 0.857. The summed E-state index contributed by atoms with van der Waals surface area (Å²) in [7, 11) is 0. The van der Waals surface area contributed by atoms with Gasteiger partial charge < -0.3 is 16.4 Å². The normalized spacial score (nSPS) is 28.2. The number of rotatable bonds is 5. The first-order valence-electron chi connectivity index (χ1n) is 7.11. The maximum atomic E-state index is 12.3. The van der Waals surface area contributed by atoms with E-state index in [0.29, 0.717) is 12.5 Å². The van der Waals surface area contributed by atoms with Gasteiger partial charge in [0.2, 0.25) is 11.8 Å². The molecule has 1 saturated carbocycles. The van der Waals surface area contributed by atoms with Crippen LogP contribution in [0.25, 0.3) is 0 Å². The van der Waals surface area contributed by atoms with Crippen LogP contribution in [0, 0.1) is 11.3 Å². The fourth-order valence-electron chi connectivity index (χ4n) is 2.36. The molecular formula is C14H27N3O2. The SMILES string of the molecule is CC(C)CNC(=O)C(C)NC(=O)C1(C)CCCC1N. The molecule has 1 aliphatic rings. The highest BCUT2D eigenvalue weighted by Gasteiger charge is 2.43. The zero-order valence-corrected chi connectivity index (χ0v) is 12.5. The molecule has 19 heavy (non-hydrogen) atoms. The number of nitrogens with one attached hydrogen (secondary N) is 2. The molecule has 5 heteroatoms. The molecule has 0 bridgehead atoms. The minimum absolute atomic E-state index is 0.107. The van der Waals surface area contributed by atoms with Crippen LogP contribution < -0.4 is 16.4 Å². The third kappa shape index (κ3) is 3.93. The summed E-state index contributed by atoms with van der Waals surface area (Å²) in [5.41, 5.74) is 5.47. The second kappa shape index (κ2) is 6.37. The molecule has 110 valence electrons. The van der Waals surface area contributed by atoms with E-state index < -0.39 is 11.5 Å². The maximum Gasteiger partial charge on any atom is 0.242 e. The van der Waals surface area contributed by atoms with Gasteiger partial charge in [0.15, 0.2) is 0 Å². The molecule has 0 aromatic heterocycles. The van der Waals surface area contributed by atoms with Crippen molar-refractivity contribution in [3.05, 3.63) is 0 Å². The van der Waals surface area contributed by atoms with Gasteiger partial charge in [0.1, 0.15) is 6.04 Å². The van der Waals surface area contributed by atoms with E-state index in [1.807, 2.05) is 20.8 Å². The molecule has 3 atom stereocenters. The lowest BCUT2D eigenvalue weighted by molar-refractivity contribution is -0.134. The summed E-state index contributed by atoms with van der Waals surface area (Å²) in [5, 5.41) is 5.60. The lowest BCUT2D eigenvalue weighted by Gasteiger charge is -2.29. The third-order valence-electron chi connectivity index (χ3n) is 3.97. The number of carbonyl (C=O) groups is 2. The molecule has 0 aliphatic heterocycles. The zero-order valence-electron chi connectivity index (χ0n) is 12.5. The Kier molecular flexibility index (Phi) is 5.35. The Bertz CT molecular complexity index is 344. The van der Waals surface area contributed by atoms with Crippen molar-refractivity contribution in [2.45, 2.75) is 59.0 Å². The summed E-state index contributed by atoms with van der Waals surface area (Å²) in [4.78, 5) is 24.1. The number of nitrogens with two attached hydrogens (primary N) is 1. The number of hydrogen-bond donors (Lipinski definition) is 3. The molecule has 4 N–H and O–H groups in total. The van der Waals surface area contributed by atoms with E-state index in [1.54, 1.807) is 6.92 Å². The van der Waals surface area contributed by atoms with Gasteiger partial charge in [0.05, 0.1) is 5.41 Å². The molecule has 5 nitrogen and oxygen atoms in total. The number of carbonyl (C=O) groups excluding carboxylic acids is 2. The number of amides is 2. The lowest BCUT2D eigenvalue weighted by atomic mass is 9.84. The molecule has 0 aromatic rings. The van der Waals surface area contributed by atoms with Crippen molar-refractivity contribution in [2.75, 3.05) is 6.54 Å². The van der Waals surface area contributed by atoms with Crippen LogP contribution in [0.4, 0.5) is 0 Å². The summed E-state index contributed by atoms with van der Waals surface area (Å²) < 4.78 is 0. The van der Waals surface area contributed by atoms with Crippen LogP contribution >= 0.6 is 0 Å². The molecule has 1 aliphatic carbocycles. The van der Waals surface area contributed by atoms with Crippen molar-refractivity contribution >= 4 is 11.8 Å². The van der Waals surface area contributed by atoms with Gasteiger partial charge in [-0.25, -0.2) is 0 Å². The zero-order chi connectivity index (χ0) is 14.6. The number of hydrogen-bond acceptors (Lipinski definition) is 3. The van der Waals surface area contributed by atoms with Gasteiger partial charge >= 0.3 is 0 Å². The van der Waals surface area contributed by atoms with Crippen molar-refractivity contribution in [1.29, 1.82) is 0 Å². The predicted molar refractivity (Wildman–Crippen MR) is 75.4 cm³/mol. The van der Waals surface area contributed by atoms with Gasteiger partial charge in [0, 0.05) is 12.6 Å². The Morgan fingerprint density at radius 1 is 1.37 bits per heavy atom. The second-order valence-electron chi connectivity index (χ2n) is 6.25. The van der Waals surface area contributed by atoms with Crippen LogP contribution in [-0.2, 0) is 9.59 Å². The molecular weight excluding hydrogens is 242 g/mol. The molecule has 0 aromatic carbocycles. The van der Waals surface area contributed by atoms with E-state index in [2.05, 4.69) is 10.6 Å². The molecule has 2 amide bonds. The predicted octanol–water partition coefficient (Wildman–Crippen LogP) is 0.781. The van der Waals surface area contributed by atoms with Crippen LogP contribution in [0.1, 0.15) is 47.0 Å². The smallest absolute Gasteiger partial charge is 0.242 e. The van der Waals surface area contributed by atoms with Crippen LogP contribution in [0.15, 0.2) is 0 Å². The maximum absolute atomic E-state index is 12.3. The summed E-state index contributed by atoms with van der Waals surface area (Å²) in [6.45, 7) is 8.27. The highest BCUT2D eigenvalue weighted by molar-refractivity contribution is 5.90. The fourth-order valence-corrected chi connectivity index (χ4v) is 2.36. The second-order valence-corrected chi connectivity index (χ2v) is 6.25. The monoisotopic (exact) mass is 269 g/mol. The summed E-state index contributed by atoms with van der Waals surface area (Å²) in [5.74, 6) is 0.148. The van der Waals surface area contributed by atoms with E-state index in [0.717, 1.165) is 19.3 Å². The van der Waals surface area contributed by atoms with Crippen molar-refractivity contribution in [1.82, 2.24) is 10.6 Å². The van der Waals surface area contributed by atoms with Crippen LogP contribution in [0.2, 0.25) is 0 Å². The average molecular weight is 269 g/mol. The quantitative estimate of drug-likeness (QED) is 0.689. The van der Waals surface area contributed by atoms with E-state index in [4.69, 9.17) is 5.73 Å². The van der Waals surface area contributed by atoms with Gasteiger partial charge in [-0.15, -0.1) is 0 Å². The van der Waals surface area contributed by atoms with Gasteiger partial charge in [-0.1, -0.05) is 20.3 Å². The Hall–Kier alpha value is -1.10. The summed E-state index contributed by atoms with van der Waals surface area (Å²) in [6, 6.07) is -0.630. The topological polar surface area (TPSA) is 84.2 Å². The van der Waals surface area contributed by atoms with Crippen molar-refractivity contribution < 1.29 is 9.59 Å². The summed E-state index contributed by atoms with van der Waals surface area (Å²) in [6.07, 6.45) is 2.64. The Balaban J connectivity index is 2.50. The van der Waals surface area contributed by atoms with Crippen molar-refractivity contribution in [2.24, 2.45) is 17.1 Å². The van der Waals surface area contributed by atoms with E-state index in [1.165, 1.54) is 0 Å². The Labute approximate surface area is 115 Å². The third-order valence-corrected chi connectivity index (χ3v) is 3.97. The van der Waals surface area contributed by atoms with E-state index in [-0.39, 0.29) is 17.9 Å². The average Bonchev–Trinajstić information content (AvgIpc) is 2.67. The summed E-state index contributed by atoms with van der Waals surface area (Å²) >= 11 is 0. The molecule has 3 unspecified atom stereocenters. The van der Waals surface area contributed by atoms with Gasteiger partial charge in [-0.2, -0.15) is 0 Å². The van der Waals surface area contributed by atoms with Crippen molar-refractivity contribution in [3.63, 3.8) is 0 Å². The molecule has 1 rings (SSSR count). The highest BCUT2D eigenvalue weighted by atomic mass is 16.2. The first kappa shape index (κ1) is 16.0. The first-order valence-corrected chi connectivity index (χ1v) is 7.11. The van der Waals surface area contributed by atoms with Crippen molar-refractivity contribution in [3.8, 4) is 0 Å². The van der Waals surface area contributed by atoms with E-state index in [9.17, 15) is 9.59 Å². The lowest BCUT2D eigenvalue weighted by Crippen LogP contribution is -2.53. The van der Waals surface area contributed by atoms with Gasteiger partial charge in [-0.3, -0.25) is 9.59 Å². The van der Waals surface area contributed by atoms with Crippen LogP contribution in [0.3, 0.4) is 0 Å². The van der Waals surface area contributed by atoms with Gasteiger partial charge in [0.25, 0.3) is 0 Å². The highest BCUT2D eigenvalue weighted by Crippen LogP contribution is 2.36. The molecule has 0 heterocycles. The largest absolute Gasteiger partial charge is 0.354 e. The Morgan fingerprint density at radius 2 is 2.00 bits per heavy atom. The van der Waals surface area contributed by atoms with E-state index >= 15 is 0 Å². The first-order chi connectivity index (χ1) is 8.77. The minimum atomic E-state index is -0.535. The van der Waals surface area contributed by atoms with Crippen LogP contribution in [0.5, 0.6) is 0 Å². The molecule has 0 saturated heterocycles.